The summed E-state index contributed by atoms with van der Waals surface area (Å²) < 4.78 is 0. The first-order valence-electron chi connectivity index (χ1n) is 7.01. The zero-order chi connectivity index (χ0) is 12.6. The first kappa shape index (κ1) is 13.4. The molecule has 1 aromatic heterocycles. The minimum absolute atomic E-state index is 0.873. The van der Waals surface area contributed by atoms with Gasteiger partial charge in [-0.15, -0.1) is 0 Å². The molecule has 1 fully saturated rings. The monoisotopic (exact) mass is 248 g/mol. The minimum Gasteiger partial charge on any atom is -0.313 e. The molecule has 18 heavy (non-hydrogen) atoms. The lowest BCUT2D eigenvalue weighted by Crippen LogP contribution is -2.34. The van der Waals surface area contributed by atoms with E-state index in [1.165, 1.54) is 38.9 Å². The summed E-state index contributed by atoms with van der Waals surface area (Å²) in [6, 6.07) is 0. The lowest BCUT2D eigenvalue weighted by Gasteiger charge is -2.30. The number of likely N-dealkylation sites (tertiary alicyclic amines) is 1. The molecule has 1 saturated heterocycles. The fraction of sp³-hybridized carbons (Fsp3) is 0.714. The Morgan fingerprint density at radius 1 is 1.28 bits per heavy atom. The van der Waals surface area contributed by atoms with Crippen LogP contribution >= 0.6 is 0 Å². The second-order valence-electron chi connectivity index (χ2n) is 5.30. The van der Waals surface area contributed by atoms with E-state index in [2.05, 4.69) is 27.1 Å². The summed E-state index contributed by atoms with van der Waals surface area (Å²) in [5.74, 6) is 0.928. The number of hydrogen-bond donors (Lipinski definition) is 1. The Labute approximate surface area is 110 Å². The quantitative estimate of drug-likeness (QED) is 0.778. The van der Waals surface area contributed by atoms with E-state index in [9.17, 15) is 0 Å². The van der Waals surface area contributed by atoms with Crippen LogP contribution in [0.3, 0.4) is 0 Å². The number of nitrogens with zero attached hydrogens (tertiary/aromatic N) is 3. The normalized spacial score (nSPS) is 18.1. The van der Waals surface area contributed by atoms with E-state index in [1.54, 1.807) is 6.33 Å². The highest BCUT2D eigenvalue weighted by Gasteiger charge is 2.14. The minimum atomic E-state index is 0.873. The summed E-state index contributed by atoms with van der Waals surface area (Å²) in [4.78, 5) is 10.6. The first-order valence-corrected chi connectivity index (χ1v) is 7.01. The van der Waals surface area contributed by atoms with Crippen LogP contribution in [-0.4, -0.2) is 41.0 Å². The summed E-state index contributed by atoms with van der Waals surface area (Å²) in [5, 5.41) is 3.44. The summed E-state index contributed by atoms with van der Waals surface area (Å²) in [5.41, 5.74) is 1.16. The summed E-state index contributed by atoms with van der Waals surface area (Å²) in [7, 11) is 0. The molecule has 100 valence electrons. The van der Waals surface area contributed by atoms with E-state index in [4.69, 9.17) is 0 Å². The predicted octanol–water partition coefficient (Wildman–Crippen LogP) is 1.69. The average molecular weight is 248 g/mol. The van der Waals surface area contributed by atoms with Crippen LogP contribution in [0.15, 0.2) is 18.7 Å². The Morgan fingerprint density at radius 2 is 2.00 bits per heavy atom. The van der Waals surface area contributed by atoms with E-state index in [1.807, 2.05) is 12.4 Å². The molecule has 1 aliphatic heterocycles. The summed E-state index contributed by atoms with van der Waals surface area (Å²) >= 11 is 0. The summed E-state index contributed by atoms with van der Waals surface area (Å²) in [6.45, 7) is 8.10. The molecule has 2 heterocycles. The molecule has 0 amide bonds. The summed E-state index contributed by atoms with van der Waals surface area (Å²) in [6.07, 6.45) is 9.27. The largest absolute Gasteiger partial charge is 0.313 e. The number of hydrogen-bond acceptors (Lipinski definition) is 4. The maximum Gasteiger partial charge on any atom is 0.115 e. The molecule has 1 N–H and O–H groups in total. The Balaban J connectivity index is 1.51. The van der Waals surface area contributed by atoms with Gasteiger partial charge in [-0.25, -0.2) is 9.97 Å². The smallest absolute Gasteiger partial charge is 0.115 e. The van der Waals surface area contributed by atoms with Crippen molar-refractivity contribution in [3.63, 3.8) is 0 Å². The molecule has 2 rings (SSSR count). The van der Waals surface area contributed by atoms with Crippen molar-refractivity contribution < 1.29 is 0 Å². The third-order valence-corrected chi connectivity index (χ3v) is 3.65. The van der Waals surface area contributed by atoms with Crippen molar-refractivity contribution in [3.05, 3.63) is 24.3 Å². The van der Waals surface area contributed by atoms with E-state index < -0.39 is 0 Å². The van der Waals surface area contributed by atoms with Crippen LogP contribution in [0.4, 0.5) is 0 Å². The van der Waals surface area contributed by atoms with Gasteiger partial charge in [-0.3, -0.25) is 0 Å². The van der Waals surface area contributed by atoms with Gasteiger partial charge in [0.1, 0.15) is 6.33 Å². The highest BCUT2D eigenvalue weighted by Crippen LogP contribution is 2.15. The number of rotatable bonds is 6. The molecule has 1 aromatic rings. The fourth-order valence-corrected chi connectivity index (χ4v) is 2.37. The molecule has 4 nitrogen and oxygen atoms in total. The number of piperidine rings is 1. The van der Waals surface area contributed by atoms with Crippen molar-refractivity contribution in [3.8, 4) is 0 Å². The molecule has 1 aliphatic rings. The van der Waals surface area contributed by atoms with Crippen molar-refractivity contribution in [2.45, 2.75) is 32.7 Å². The van der Waals surface area contributed by atoms with Crippen molar-refractivity contribution >= 4 is 0 Å². The predicted molar refractivity (Wildman–Crippen MR) is 73.2 cm³/mol. The van der Waals surface area contributed by atoms with Crippen LogP contribution in [0.25, 0.3) is 0 Å². The lowest BCUT2D eigenvalue weighted by molar-refractivity contribution is 0.190. The average Bonchev–Trinajstić information content (AvgIpc) is 2.42. The molecule has 0 aliphatic carbocycles. The van der Waals surface area contributed by atoms with E-state index in [0.717, 1.165) is 24.6 Å². The Hall–Kier alpha value is -1.00. The molecule has 0 saturated carbocycles. The van der Waals surface area contributed by atoms with Gasteiger partial charge in [0.2, 0.25) is 0 Å². The van der Waals surface area contributed by atoms with Gasteiger partial charge in [-0.05, 0) is 51.4 Å². The molecule has 0 aromatic carbocycles. The first-order chi connectivity index (χ1) is 8.84. The lowest BCUT2D eigenvalue weighted by atomic mass is 9.99. The van der Waals surface area contributed by atoms with Crippen LogP contribution in [0.5, 0.6) is 0 Å². The topological polar surface area (TPSA) is 41.0 Å². The molecule has 0 radical (unpaired) electrons. The molecule has 0 atom stereocenters. The molecule has 4 heteroatoms. The van der Waals surface area contributed by atoms with Crippen molar-refractivity contribution in [2.24, 2.45) is 5.92 Å². The van der Waals surface area contributed by atoms with Gasteiger partial charge in [0.05, 0.1) is 0 Å². The third kappa shape index (κ3) is 4.70. The van der Waals surface area contributed by atoms with Gasteiger partial charge < -0.3 is 10.2 Å². The van der Waals surface area contributed by atoms with Crippen LogP contribution in [0, 0.1) is 5.92 Å². The van der Waals surface area contributed by atoms with E-state index >= 15 is 0 Å². The maximum atomic E-state index is 4.00. The zero-order valence-electron chi connectivity index (χ0n) is 11.3. The number of nitrogens with one attached hydrogen (secondary N) is 1. The fourth-order valence-electron chi connectivity index (χ4n) is 2.37. The zero-order valence-corrected chi connectivity index (χ0v) is 11.3. The Kier molecular flexibility index (Phi) is 5.55. The van der Waals surface area contributed by atoms with Gasteiger partial charge in [0, 0.05) is 24.5 Å². The number of aromatic nitrogens is 2. The van der Waals surface area contributed by atoms with E-state index in [0.29, 0.717) is 0 Å². The van der Waals surface area contributed by atoms with Crippen molar-refractivity contribution in [1.82, 2.24) is 20.2 Å². The SMILES string of the molecule is CC1CCN(CCCNCc2cncnc2)CC1. The molecular formula is C14H24N4. The Morgan fingerprint density at radius 3 is 2.72 bits per heavy atom. The molecule has 0 spiro atoms. The highest BCUT2D eigenvalue weighted by molar-refractivity contribution is 5.01. The van der Waals surface area contributed by atoms with Crippen LogP contribution in [0.1, 0.15) is 31.7 Å². The second kappa shape index (κ2) is 7.44. The van der Waals surface area contributed by atoms with Gasteiger partial charge in [-0.1, -0.05) is 6.92 Å². The highest BCUT2D eigenvalue weighted by atomic mass is 15.1. The molecule has 0 unspecified atom stereocenters. The van der Waals surface area contributed by atoms with E-state index in [-0.39, 0.29) is 0 Å². The van der Waals surface area contributed by atoms with Crippen LogP contribution in [0.2, 0.25) is 0 Å². The Bertz CT molecular complexity index is 320. The van der Waals surface area contributed by atoms with Gasteiger partial charge >= 0.3 is 0 Å². The third-order valence-electron chi connectivity index (χ3n) is 3.65. The van der Waals surface area contributed by atoms with Gasteiger partial charge in [-0.2, -0.15) is 0 Å². The van der Waals surface area contributed by atoms with Gasteiger partial charge in [0.25, 0.3) is 0 Å². The maximum absolute atomic E-state index is 4.00. The molecule has 0 bridgehead atoms. The van der Waals surface area contributed by atoms with Crippen LogP contribution < -0.4 is 5.32 Å². The molecular weight excluding hydrogens is 224 g/mol. The second-order valence-corrected chi connectivity index (χ2v) is 5.30. The van der Waals surface area contributed by atoms with Crippen molar-refractivity contribution in [2.75, 3.05) is 26.2 Å². The van der Waals surface area contributed by atoms with Crippen molar-refractivity contribution in [1.29, 1.82) is 0 Å². The van der Waals surface area contributed by atoms with Gasteiger partial charge in [0.15, 0.2) is 0 Å². The van der Waals surface area contributed by atoms with Crippen LogP contribution in [-0.2, 0) is 6.54 Å². The standard InChI is InChI=1S/C14H24N4/c1-13-3-7-18(8-4-13)6-2-5-15-9-14-10-16-12-17-11-14/h10-13,15H,2-9H2,1H3.